The average molecular weight is 305 g/mol. The van der Waals surface area contributed by atoms with E-state index in [1.807, 2.05) is 13.8 Å². The SMILES string of the molecule is Cc1cc(OC(=O)C=Cc2ccc(F)cc2)cc(C)c1Cl. The van der Waals surface area contributed by atoms with Crippen LogP contribution in [0.1, 0.15) is 16.7 Å². The maximum atomic E-state index is 12.8. The minimum Gasteiger partial charge on any atom is -0.423 e. The Bertz CT molecular complexity index is 667. The predicted octanol–water partition coefficient (Wildman–Crippen LogP) is 4.71. The molecule has 0 fully saturated rings. The Labute approximate surface area is 127 Å². The lowest BCUT2D eigenvalue weighted by molar-refractivity contribution is -0.128. The molecule has 0 amide bonds. The minimum atomic E-state index is -0.500. The number of halogens is 2. The number of hydrogen-bond donors (Lipinski definition) is 0. The first-order valence-corrected chi connectivity index (χ1v) is 6.76. The number of esters is 1. The van der Waals surface area contributed by atoms with Crippen molar-refractivity contribution in [3.05, 3.63) is 70.0 Å². The van der Waals surface area contributed by atoms with E-state index in [9.17, 15) is 9.18 Å². The maximum Gasteiger partial charge on any atom is 0.336 e. The summed E-state index contributed by atoms with van der Waals surface area (Å²) in [5, 5.41) is 0.664. The molecule has 2 aromatic rings. The average Bonchev–Trinajstić information content (AvgIpc) is 2.44. The van der Waals surface area contributed by atoms with Crippen LogP contribution in [-0.2, 0) is 4.79 Å². The number of carbonyl (C=O) groups is 1. The predicted molar refractivity (Wildman–Crippen MR) is 82.0 cm³/mol. The number of rotatable bonds is 3. The van der Waals surface area contributed by atoms with Crippen LogP contribution >= 0.6 is 11.6 Å². The van der Waals surface area contributed by atoms with Crippen LogP contribution in [0.25, 0.3) is 6.08 Å². The van der Waals surface area contributed by atoms with Gasteiger partial charge in [0.1, 0.15) is 11.6 Å². The third kappa shape index (κ3) is 4.17. The molecule has 0 spiro atoms. The van der Waals surface area contributed by atoms with Crippen molar-refractivity contribution in [1.29, 1.82) is 0 Å². The highest BCUT2D eigenvalue weighted by Crippen LogP contribution is 2.26. The lowest BCUT2D eigenvalue weighted by Gasteiger charge is -2.07. The number of hydrogen-bond acceptors (Lipinski definition) is 2. The highest BCUT2D eigenvalue weighted by Gasteiger charge is 2.06. The molecule has 0 aromatic heterocycles. The van der Waals surface area contributed by atoms with Crippen LogP contribution in [-0.4, -0.2) is 5.97 Å². The largest absolute Gasteiger partial charge is 0.423 e. The molecule has 0 aliphatic carbocycles. The summed E-state index contributed by atoms with van der Waals surface area (Å²) >= 11 is 6.06. The van der Waals surface area contributed by atoms with Crippen molar-refractivity contribution in [3.63, 3.8) is 0 Å². The lowest BCUT2D eigenvalue weighted by Crippen LogP contribution is -2.04. The van der Waals surface area contributed by atoms with E-state index in [1.165, 1.54) is 18.2 Å². The molecular weight excluding hydrogens is 291 g/mol. The standard InChI is InChI=1S/C17H14ClFO2/c1-11-9-15(10-12(2)17(11)18)21-16(20)8-5-13-3-6-14(19)7-4-13/h3-10H,1-2H3. The van der Waals surface area contributed by atoms with Crippen LogP contribution in [0, 0.1) is 19.7 Å². The number of ether oxygens (including phenoxy) is 1. The van der Waals surface area contributed by atoms with Crippen LogP contribution in [0.3, 0.4) is 0 Å². The Kier molecular flexibility index (Phi) is 4.76. The topological polar surface area (TPSA) is 26.3 Å². The van der Waals surface area contributed by atoms with E-state index in [1.54, 1.807) is 30.3 Å². The highest BCUT2D eigenvalue weighted by molar-refractivity contribution is 6.32. The molecule has 4 heteroatoms. The third-order valence-corrected chi connectivity index (χ3v) is 3.51. The van der Waals surface area contributed by atoms with Crippen LogP contribution in [0.4, 0.5) is 4.39 Å². The fourth-order valence-corrected chi connectivity index (χ4v) is 1.96. The molecule has 21 heavy (non-hydrogen) atoms. The minimum absolute atomic E-state index is 0.318. The molecule has 2 nitrogen and oxygen atoms in total. The van der Waals surface area contributed by atoms with Gasteiger partial charge in [0.15, 0.2) is 0 Å². The Hall–Kier alpha value is -2.13. The molecule has 2 aromatic carbocycles. The van der Waals surface area contributed by atoms with Gasteiger partial charge in [0.2, 0.25) is 0 Å². The van der Waals surface area contributed by atoms with Crippen molar-refractivity contribution in [2.24, 2.45) is 0 Å². The van der Waals surface area contributed by atoms with Gasteiger partial charge in [-0.3, -0.25) is 0 Å². The number of carbonyl (C=O) groups excluding carboxylic acids is 1. The van der Waals surface area contributed by atoms with Crippen molar-refractivity contribution in [2.45, 2.75) is 13.8 Å². The van der Waals surface area contributed by atoms with Gasteiger partial charge in [-0.05, 0) is 60.9 Å². The normalized spacial score (nSPS) is 10.9. The fraction of sp³-hybridized carbons (Fsp3) is 0.118. The lowest BCUT2D eigenvalue weighted by atomic mass is 10.1. The van der Waals surface area contributed by atoms with Gasteiger partial charge in [-0.15, -0.1) is 0 Å². The van der Waals surface area contributed by atoms with Crippen molar-refractivity contribution in [3.8, 4) is 5.75 Å². The van der Waals surface area contributed by atoms with Gasteiger partial charge in [-0.1, -0.05) is 23.7 Å². The van der Waals surface area contributed by atoms with E-state index in [-0.39, 0.29) is 5.82 Å². The first-order valence-electron chi connectivity index (χ1n) is 6.38. The zero-order valence-electron chi connectivity index (χ0n) is 11.7. The quantitative estimate of drug-likeness (QED) is 0.466. The summed E-state index contributed by atoms with van der Waals surface area (Å²) in [7, 11) is 0. The van der Waals surface area contributed by atoms with Gasteiger partial charge in [0.25, 0.3) is 0 Å². The molecule has 0 heterocycles. The summed E-state index contributed by atoms with van der Waals surface area (Å²) in [6.45, 7) is 3.70. The van der Waals surface area contributed by atoms with Crippen molar-refractivity contribution in [1.82, 2.24) is 0 Å². The molecule has 108 valence electrons. The zero-order valence-corrected chi connectivity index (χ0v) is 12.4. The van der Waals surface area contributed by atoms with E-state index >= 15 is 0 Å². The van der Waals surface area contributed by atoms with Gasteiger partial charge < -0.3 is 4.74 Å². The summed E-state index contributed by atoms with van der Waals surface area (Å²) in [4.78, 5) is 11.7. The molecule has 0 aliphatic heterocycles. The van der Waals surface area contributed by atoms with Crippen LogP contribution < -0.4 is 4.74 Å². The van der Waals surface area contributed by atoms with E-state index in [0.29, 0.717) is 10.8 Å². The second-order valence-electron chi connectivity index (χ2n) is 4.68. The van der Waals surface area contributed by atoms with E-state index in [0.717, 1.165) is 16.7 Å². The Morgan fingerprint density at radius 3 is 2.29 bits per heavy atom. The summed E-state index contributed by atoms with van der Waals surface area (Å²) in [6.07, 6.45) is 2.86. The van der Waals surface area contributed by atoms with Crippen LogP contribution in [0.2, 0.25) is 5.02 Å². The van der Waals surface area contributed by atoms with Gasteiger partial charge in [0, 0.05) is 11.1 Å². The molecule has 0 radical (unpaired) electrons. The van der Waals surface area contributed by atoms with Gasteiger partial charge in [-0.2, -0.15) is 0 Å². The molecule has 2 rings (SSSR count). The first kappa shape index (κ1) is 15.3. The molecule has 0 unspecified atom stereocenters. The Morgan fingerprint density at radius 1 is 1.14 bits per heavy atom. The van der Waals surface area contributed by atoms with Crippen LogP contribution in [0.15, 0.2) is 42.5 Å². The van der Waals surface area contributed by atoms with Crippen molar-refractivity contribution < 1.29 is 13.9 Å². The van der Waals surface area contributed by atoms with E-state index in [4.69, 9.17) is 16.3 Å². The second-order valence-corrected chi connectivity index (χ2v) is 5.05. The smallest absolute Gasteiger partial charge is 0.336 e. The van der Waals surface area contributed by atoms with Gasteiger partial charge in [0.05, 0.1) is 0 Å². The van der Waals surface area contributed by atoms with E-state index in [2.05, 4.69) is 0 Å². The Balaban J connectivity index is 2.06. The van der Waals surface area contributed by atoms with Gasteiger partial charge in [-0.25, -0.2) is 9.18 Å². The maximum absolute atomic E-state index is 12.8. The van der Waals surface area contributed by atoms with Crippen molar-refractivity contribution in [2.75, 3.05) is 0 Å². The van der Waals surface area contributed by atoms with Gasteiger partial charge >= 0.3 is 5.97 Å². The Morgan fingerprint density at radius 2 is 1.71 bits per heavy atom. The number of aryl methyl sites for hydroxylation is 2. The third-order valence-electron chi connectivity index (χ3n) is 2.91. The van der Waals surface area contributed by atoms with Crippen LogP contribution in [0.5, 0.6) is 5.75 Å². The summed E-state index contributed by atoms with van der Waals surface area (Å²) < 4.78 is 18.0. The van der Waals surface area contributed by atoms with Crippen molar-refractivity contribution >= 4 is 23.6 Å². The highest BCUT2D eigenvalue weighted by atomic mass is 35.5. The molecule has 0 aliphatic rings. The molecule has 0 saturated carbocycles. The molecule has 0 atom stereocenters. The second kappa shape index (κ2) is 6.55. The molecule has 0 N–H and O–H groups in total. The summed E-state index contributed by atoms with van der Waals surface area (Å²) in [6, 6.07) is 9.23. The van der Waals surface area contributed by atoms with E-state index < -0.39 is 5.97 Å². The zero-order chi connectivity index (χ0) is 15.4. The fourth-order valence-electron chi connectivity index (χ4n) is 1.85. The summed E-state index contributed by atoms with van der Waals surface area (Å²) in [5.74, 6) is -0.370. The molecule has 0 saturated heterocycles. The summed E-state index contributed by atoms with van der Waals surface area (Å²) in [5.41, 5.74) is 2.42. The number of benzene rings is 2. The molecular formula is C17H14ClFO2. The molecule has 0 bridgehead atoms. The monoisotopic (exact) mass is 304 g/mol. The first-order chi connectivity index (χ1) is 9.95.